The van der Waals surface area contributed by atoms with Gasteiger partial charge >= 0.3 is 0 Å². The molecule has 1 aliphatic rings. The molecule has 0 saturated heterocycles. The van der Waals surface area contributed by atoms with E-state index < -0.39 is 0 Å². The van der Waals surface area contributed by atoms with Gasteiger partial charge in [0.1, 0.15) is 5.84 Å². The smallest absolute Gasteiger partial charge is 0.111 e. The third-order valence-electron chi connectivity index (χ3n) is 0.870. The Bertz CT molecular complexity index is 92.0. The first-order valence-corrected chi connectivity index (χ1v) is 2.80. The zero-order chi connectivity index (χ0) is 5.11. The zero-order valence-corrected chi connectivity index (χ0v) is 5.84. The largest absolute Gasteiger partial charge is 1.00 e. The molecule has 0 saturated carbocycles. The summed E-state index contributed by atoms with van der Waals surface area (Å²) in [7, 11) is 0. The summed E-state index contributed by atoms with van der Waals surface area (Å²) in [5, 5.41) is 3.02. The summed E-state index contributed by atoms with van der Waals surface area (Å²) in [6.45, 7) is 1.85. The minimum absolute atomic E-state index is 0. The highest BCUT2D eigenvalue weighted by molar-refractivity contribution is 6.28. The number of alkyl halides is 1. The lowest BCUT2D eigenvalue weighted by Crippen LogP contribution is -3.00. The molecular formula is C4H7Cl2N2-. The second-order valence-electron chi connectivity index (χ2n) is 1.39. The molecule has 0 aliphatic carbocycles. The van der Waals surface area contributed by atoms with Crippen LogP contribution in [-0.2, 0) is 0 Å². The van der Waals surface area contributed by atoms with Crippen molar-refractivity contribution in [3.05, 3.63) is 0 Å². The van der Waals surface area contributed by atoms with Crippen molar-refractivity contribution in [1.82, 2.24) is 5.32 Å². The van der Waals surface area contributed by atoms with Crippen LogP contribution in [0.4, 0.5) is 0 Å². The maximum Gasteiger partial charge on any atom is 0.111 e. The Balaban J connectivity index is 0.000000490. The fraction of sp³-hybridized carbons (Fsp3) is 0.750. The average molecular weight is 154 g/mol. The lowest BCUT2D eigenvalue weighted by atomic mass is 10.7. The van der Waals surface area contributed by atoms with Gasteiger partial charge in [0.15, 0.2) is 0 Å². The number of rotatable bonds is 1. The van der Waals surface area contributed by atoms with E-state index >= 15 is 0 Å². The molecule has 0 spiro atoms. The van der Waals surface area contributed by atoms with Crippen LogP contribution in [0.2, 0.25) is 0 Å². The van der Waals surface area contributed by atoms with Gasteiger partial charge < -0.3 is 17.7 Å². The van der Waals surface area contributed by atoms with Crippen molar-refractivity contribution in [1.29, 1.82) is 0 Å². The maximum atomic E-state index is 5.41. The van der Waals surface area contributed by atoms with Crippen LogP contribution >= 0.6 is 11.6 Å². The van der Waals surface area contributed by atoms with Crippen LogP contribution in [0.1, 0.15) is 0 Å². The Kier molecular flexibility index (Phi) is 4.01. The second-order valence-corrected chi connectivity index (χ2v) is 1.66. The van der Waals surface area contributed by atoms with Crippen molar-refractivity contribution in [2.24, 2.45) is 4.99 Å². The topological polar surface area (TPSA) is 24.4 Å². The number of hydrogen-bond acceptors (Lipinski definition) is 2. The Morgan fingerprint density at radius 3 is 2.75 bits per heavy atom. The van der Waals surface area contributed by atoms with Crippen molar-refractivity contribution in [2.75, 3.05) is 19.0 Å². The van der Waals surface area contributed by atoms with Gasteiger partial charge in [-0.05, 0) is 0 Å². The van der Waals surface area contributed by atoms with E-state index in [9.17, 15) is 0 Å². The molecule has 1 heterocycles. The van der Waals surface area contributed by atoms with Crippen LogP contribution in [-0.4, -0.2) is 24.8 Å². The summed E-state index contributed by atoms with van der Waals surface area (Å²) in [6.07, 6.45) is 0. The number of nitrogens with zero attached hydrogens (tertiary/aromatic N) is 1. The van der Waals surface area contributed by atoms with E-state index in [-0.39, 0.29) is 12.4 Å². The van der Waals surface area contributed by atoms with Gasteiger partial charge in [-0.2, -0.15) is 0 Å². The Hall–Kier alpha value is 0.0500. The van der Waals surface area contributed by atoms with Crippen LogP contribution in [0, 0.1) is 0 Å². The van der Waals surface area contributed by atoms with Gasteiger partial charge in [0.2, 0.25) is 0 Å². The van der Waals surface area contributed by atoms with Crippen LogP contribution < -0.4 is 17.7 Å². The van der Waals surface area contributed by atoms with Crippen molar-refractivity contribution >= 4 is 17.4 Å². The second kappa shape index (κ2) is 3.98. The van der Waals surface area contributed by atoms with E-state index in [1.807, 2.05) is 0 Å². The van der Waals surface area contributed by atoms with E-state index in [4.69, 9.17) is 11.6 Å². The molecule has 1 N–H and O–H groups in total. The molecule has 0 radical (unpaired) electrons. The van der Waals surface area contributed by atoms with Crippen molar-refractivity contribution < 1.29 is 12.4 Å². The summed E-state index contributed by atoms with van der Waals surface area (Å²) in [5.74, 6) is 1.46. The number of amidine groups is 1. The van der Waals surface area contributed by atoms with E-state index in [0.29, 0.717) is 5.88 Å². The normalized spacial score (nSPS) is 16.4. The Morgan fingerprint density at radius 1 is 1.75 bits per heavy atom. The SMILES string of the molecule is ClCC1=NCCN1.[Cl-]. The van der Waals surface area contributed by atoms with Gasteiger partial charge in [-0.3, -0.25) is 4.99 Å². The summed E-state index contributed by atoms with van der Waals surface area (Å²) in [6, 6.07) is 0. The quantitative estimate of drug-likeness (QED) is 0.406. The molecule has 0 aromatic carbocycles. The summed E-state index contributed by atoms with van der Waals surface area (Å²) >= 11 is 5.41. The highest BCUT2D eigenvalue weighted by Gasteiger charge is 1.99. The van der Waals surface area contributed by atoms with Crippen LogP contribution in [0.25, 0.3) is 0 Å². The molecule has 0 aromatic heterocycles. The third kappa shape index (κ3) is 1.88. The minimum Gasteiger partial charge on any atom is -1.00 e. The average Bonchev–Trinajstić information content (AvgIpc) is 2.14. The molecule has 0 amide bonds. The van der Waals surface area contributed by atoms with Crippen LogP contribution in [0.5, 0.6) is 0 Å². The molecule has 4 heteroatoms. The number of nitrogens with one attached hydrogen (secondary N) is 1. The van der Waals surface area contributed by atoms with Crippen molar-refractivity contribution in [2.45, 2.75) is 0 Å². The van der Waals surface area contributed by atoms with E-state index in [1.165, 1.54) is 0 Å². The maximum absolute atomic E-state index is 5.41. The molecule has 0 fully saturated rings. The molecule has 2 nitrogen and oxygen atoms in total. The predicted octanol–water partition coefficient (Wildman–Crippen LogP) is -2.77. The standard InChI is InChI=1S/C4H7ClN2.ClH/c5-3-4-6-1-2-7-4;/h1-3H2,(H,6,7);1H/p-1. The third-order valence-corrected chi connectivity index (χ3v) is 1.12. The fourth-order valence-electron chi connectivity index (χ4n) is 0.536. The van der Waals surface area contributed by atoms with E-state index in [1.54, 1.807) is 0 Å². The highest BCUT2D eigenvalue weighted by Crippen LogP contribution is 1.85. The van der Waals surface area contributed by atoms with Gasteiger partial charge in [-0.25, -0.2) is 0 Å². The molecule has 8 heavy (non-hydrogen) atoms. The monoisotopic (exact) mass is 153 g/mol. The summed E-state index contributed by atoms with van der Waals surface area (Å²) in [5.41, 5.74) is 0. The zero-order valence-electron chi connectivity index (χ0n) is 4.32. The van der Waals surface area contributed by atoms with Crippen LogP contribution in [0.3, 0.4) is 0 Å². The van der Waals surface area contributed by atoms with Gasteiger partial charge in [0.05, 0.1) is 12.4 Å². The lowest BCUT2D eigenvalue weighted by Gasteiger charge is -1.90. The lowest BCUT2D eigenvalue weighted by molar-refractivity contribution is -0.00000150. The van der Waals surface area contributed by atoms with Crippen LogP contribution in [0.15, 0.2) is 4.99 Å². The van der Waals surface area contributed by atoms with E-state index in [2.05, 4.69) is 10.3 Å². The Labute approximate surface area is 59.7 Å². The first-order chi connectivity index (χ1) is 3.43. The number of aliphatic imine (C=N–C) groups is 1. The Morgan fingerprint density at radius 2 is 2.50 bits per heavy atom. The highest BCUT2D eigenvalue weighted by atomic mass is 35.5. The summed E-state index contributed by atoms with van der Waals surface area (Å²) < 4.78 is 0. The predicted molar refractivity (Wildman–Crippen MR) is 31.0 cm³/mol. The van der Waals surface area contributed by atoms with Gasteiger partial charge in [0.25, 0.3) is 0 Å². The molecular weight excluding hydrogens is 147 g/mol. The molecule has 48 valence electrons. The molecule has 1 rings (SSSR count). The first-order valence-electron chi connectivity index (χ1n) is 2.26. The first kappa shape index (κ1) is 8.05. The molecule has 0 atom stereocenters. The minimum atomic E-state index is 0. The van der Waals surface area contributed by atoms with E-state index in [0.717, 1.165) is 18.9 Å². The van der Waals surface area contributed by atoms with Crippen molar-refractivity contribution in [3.63, 3.8) is 0 Å². The van der Waals surface area contributed by atoms with Crippen molar-refractivity contribution in [3.8, 4) is 0 Å². The number of hydrogen-bond donors (Lipinski definition) is 1. The molecule has 0 unspecified atom stereocenters. The van der Waals surface area contributed by atoms with Gasteiger partial charge in [0, 0.05) is 6.54 Å². The summed E-state index contributed by atoms with van der Waals surface area (Å²) in [4.78, 5) is 4.03. The molecule has 1 aliphatic heterocycles. The van der Waals surface area contributed by atoms with Gasteiger partial charge in [-0.1, -0.05) is 0 Å². The fourth-order valence-corrected chi connectivity index (χ4v) is 0.715. The molecule has 0 bridgehead atoms. The molecule has 0 aromatic rings. The van der Waals surface area contributed by atoms with Gasteiger partial charge in [-0.15, -0.1) is 11.6 Å². The number of halogens is 2.